The van der Waals surface area contributed by atoms with Crippen molar-refractivity contribution in [2.24, 2.45) is 0 Å². The van der Waals surface area contributed by atoms with E-state index in [2.05, 4.69) is 0 Å². The van der Waals surface area contributed by atoms with Crippen LogP contribution in [0.3, 0.4) is 0 Å². The normalized spacial score (nSPS) is 10.5. The quantitative estimate of drug-likeness (QED) is 0.744. The van der Waals surface area contributed by atoms with E-state index in [4.69, 9.17) is 0 Å². The van der Waals surface area contributed by atoms with Gasteiger partial charge < -0.3 is 9.90 Å². The molecule has 2 heteroatoms. The highest BCUT2D eigenvalue weighted by molar-refractivity contribution is 5.51. The first kappa shape index (κ1) is 10.8. The number of carbonyl (C=O) groups is 1. The molecule has 1 N–H and O–H groups in total. The third-order valence-corrected chi connectivity index (χ3v) is 2.30. The fourth-order valence-electron chi connectivity index (χ4n) is 1.49. The van der Waals surface area contributed by atoms with Gasteiger partial charge in [0.1, 0.15) is 12.0 Å². The Morgan fingerprint density at radius 2 is 2.14 bits per heavy atom. The van der Waals surface area contributed by atoms with Crippen molar-refractivity contribution in [2.45, 2.75) is 32.6 Å². The van der Waals surface area contributed by atoms with E-state index in [1.165, 1.54) is 0 Å². The minimum atomic E-state index is 0.311. The SMILES string of the molecule is CC(C)c1cccc(CCC=O)c1O. The van der Waals surface area contributed by atoms with Crippen molar-refractivity contribution in [3.63, 3.8) is 0 Å². The van der Waals surface area contributed by atoms with E-state index in [1.54, 1.807) is 0 Å². The summed E-state index contributed by atoms with van der Waals surface area (Å²) in [6, 6.07) is 5.71. The number of aromatic hydroxyl groups is 1. The molecule has 0 atom stereocenters. The van der Waals surface area contributed by atoms with Crippen LogP contribution in [0, 0.1) is 0 Å². The van der Waals surface area contributed by atoms with Gasteiger partial charge in [-0.15, -0.1) is 0 Å². The third kappa shape index (κ3) is 2.34. The number of aldehydes is 1. The lowest BCUT2D eigenvalue weighted by Crippen LogP contribution is -1.93. The second-order valence-electron chi connectivity index (χ2n) is 3.72. The van der Waals surface area contributed by atoms with Gasteiger partial charge >= 0.3 is 0 Å². The Bertz CT molecular complexity index is 316. The molecule has 0 saturated carbocycles. The molecule has 0 spiro atoms. The van der Waals surface area contributed by atoms with E-state index < -0.39 is 0 Å². The maximum absolute atomic E-state index is 10.2. The number of benzene rings is 1. The largest absolute Gasteiger partial charge is 0.507 e. The molecule has 0 saturated heterocycles. The average Bonchev–Trinajstić information content (AvgIpc) is 2.16. The van der Waals surface area contributed by atoms with Crippen LogP contribution < -0.4 is 0 Å². The van der Waals surface area contributed by atoms with Gasteiger partial charge in [-0.1, -0.05) is 32.0 Å². The summed E-state index contributed by atoms with van der Waals surface area (Å²) in [6.45, 7) is 4.08. The van der Waals surface area contributed by atoms with Gasteiger partial charge in [-0.25, -0.2) is 0 Å². The molecule has 0 unspecified atom stereocenters. The number of phenolic OH excluding ortho intramolecular Hbond substituents is 1. The van der Waals surface area contributed by atoms with Crippen LogP contribution in [0.2, 0.25) is 0 Å². The molecule has 76 valence electrons. The maximum Gasteiger partial charge on any atom is 0.122 e. The number of aryl methyl sites for hydroxylation is 1. The van der Waals surface area contributed by atoms with Gasteiger partial charge in [0, 0.05) is 6.42 Å². The minimum Gasteiger partial charge on any atom is -0.507 e. The highest BCUT2D eigenvalue weighted by Gasteiger charge is 2.08. The van der Waals surface area contributed by atoms with Crippen LogP contribution in [0.15, 0.2) is 18.2 Å². The summed E-state index contributed by atoms with van der Waals surface area (Å²) < 4.78 is 0. The average molecular weight is 192 g/mol. The van der Waals surface area contributed by atoms with Crippen molar-refractivity contribution in [1.29, 1.82) is 0 Å². The van der Waals surface area contributed by atoms with Gasteiger partial charge in [-0.2, -0.15) is 0 Å². The van der Waals surface area contributed by atoms with Crippen LogP contribution in [-0.2, 0) is 11.2 Å². The van der Waals surface area contributed by atoms with Gasteiger partial charge in [0.2, 0.25) is 0 Å². The Hall–Kier alpha value is -1.31. The predicted octanol–water partition coefficient (Wildman–Crippen LogP) is 2.65. The number of carbonyl (C=O) groups excluding carboxylic acids is 1. The maximum atomic E-state index is 10.2. The Morgan fingerprint density at radius 3 is 2.71 bits per heavy atom. The smallest absolute Gasteiger partial charge is 0.122 e. The van der Waals surface area contributed by atoms with Crippen LogP contribution >= 0.6 is 0 Å². The van der Waals surface area contributed by atoms with Gasteiger partial charge in [0.05, 0.1) is 0 Å². The summed E-state index contributed by atoms with van der Waals surface area (Å²) in [5.74, 6) is 0.663. The molecule has 2 nitrogen and oxygen atoms in total. The van der Waals surface area contributed by atoms with E-state index in [0.717, 1.165) is 17.4 Å². The number of phenols is 1. The summed E-state index contributed by atoms with van der Waals surface area (Å²) in [5, 5.41) is 9.87. The molecule has 0 fully saturated rings. The van der Waals surface area contributed by atoms with Crippen LogP contribution in [0.5, 0.6) is 5.75 Å². The molecule has 0 aromatic heterocycles. The fraction of sp³-hybridized carbons (Fsp3) is 0.417. The van der Waals surface area contributed by atoms with Gasteiger partial charge in [0.15, 0.2) is 0 Å². The number of para-hydroxylation sites is 1. The molecule has 1 aromatic carbocycles. The summed E-state index contributed by atoms with van der Waals surface area (Å²) in [6.07, 6.45) is 1.96. The molecule has 0 bridgehead atoms. The van der Waals surface area contributed by atoms with Gasteiger partial charge in [-0.3, -0.25) is 0 Å². The molecule has 1 rings (SSSR count). The van der Waals surface area contributed by atoms with Crippen LogP contribution in [0.4, 0.5) is 0 Å². The molecule has 1 aromatic rings. The highest BCUT2D eigenvalue weighted by Crippen LogP contribution is 2.29. The molecule has 0 radical (unpaired) electrons. The zero-order valence-electron chi connectivity index (χ0n) is 8.66. The zero-order valence-corrected chi connectivity index (χ0v) is 8.66. The minimum absolute atomic E-state index is 0.311. The lowest BCUT2D eigenvalue weighted by molar-refractivity contribution is -0.107. The molecule has 14 heavy (non-hydrogen) atoms. The highest BCUT2D eigenvalue weighted by atomic mass is 16.3. The van der Waals surface area contributed by atoms with Crippen molar-refractivity contribution in [3.05, 3.63) is 29.3 Å². The third-order valence-electron chi connectivity index (χ3n) is 2.30. The number of hydrogen-bond acceptors (Lipinski definition) is 2. The van der Waals surface area contributed by atoms with E-state index in [0.29, 0.717) is 24.5 Å². The molecule has 0 aliphatic carbocycles. The summed E-state index contributed by atoms with van der Waals surface area (Å²) in [5.41, 5.74) is 1.82. The Morgan fingerprint density at radius 1 is 1.43 bits per heavy atom. The van der Waals surface area contributed by atoms with E-state index in [1.807, 2.05) is 32.0 Å². The standard InChI is InChI=1S/C12H16O2/c1-9(2)11-7-3-5-10(12(11)14)6-4-8-13/h3,5,7-9,14H,4,6H2,1-2H3. The summed E-state index contributed by atoms with van der Waals surface area (Å²) in [7, 11) is 0. The van der Waals surface area contributed by atoms with Gasteiger partial charge in [-0.05, 0) is 23.5 Å². The van der Waals surface area contributed by atoms with Crippen molar-refractivity contribution < 1.29 is 9.90 Å². The first-order chi connectivity index (χ1) is 6.66. The number of hydrogen-bond donors (Lipinski definition) is 1. The second-order valence-corrected chi connectivity index (χ2v) is 3.72. The molecule has 0 aliphatic rings. The predicted molar refractivity (Wildman–Crippen MR) is 56.6 cm³/mol. The summed E-state index contributed by atoms with van der Waals surface area (Å²) >= 11 is 0. The molecular weight excluding hydrogens is 176 g/mol. The summed E-state index contributed by atoms with van der Waals surface area (Å²) in [4.78, 5) is 10.2. The zero-order chi connectivity index (χ0) is 10.6. The van der Waals surface area contributed by atoms with Crippen LogP contribution in [-0.4, -0.2) is 11.4 Å². The van der Waals surface area contributed by atoms with Crippen molar-refractivity contribution in [1.82, 2.24) is 0 Å². The molecule has 0 heterocycles. The van der Waals surface area contributed by atoms with Gasteiger partial charge in [0.25, 0.3) is 0 Å². The Kier molecular flexibility index (Phi) is 3.69. The van der Waals surface area contributed by atoms with Crippen molar-refractivity contribution >= 4 is 6.29 Å². The molecular formula is C12H16O2. The molecule has 0 aliphatic heterocycles. The van der Waals surface area contributed by atoms with E-state index in [9.17, 15) is 9.90 Å². The van der Waals surface area contributed by atoms with E-state index in [-0.39, 0.29) is 0 Å². The fourth-order valence-corrected chi connectivity index (χ4v) is 1.49. The van der Waals surface area contributed by atoms with Crippen LogP contribution in [0.25, 0.3) is 0 Å². The lowest BCUT2D eigenvalue weighted by atomic mass is 9.97. The van der Waals surface area contributed by atoms with Crippen LogP contribution in [0.1, 0.15) is 37.3 Å². The Labute approximate surface area is 84.6 Å². The van der Waals surface area contributed by atoms with E-state index >= 15 is 0 Å². The lowest BCUT2D eigenvalue weighted by Gasteiger charge is -2.11. The van der Waals surface area contributed by atoms with Crippen molar-refractivity contribution in [3.8, 4) is 5.75 Å². The number of rotatable bonds is 4. The second kappa shape index (κ2) is 4.80. The monoisotopic (exact) mass is 192 g/mol. The first-order valence-electron chi connectivity index (χ1n) is 4.91. The molecule has 0 amide bonds. The first-order valence-corrected chi connectivity index (χ1v) is 4.91. The Balaban J connectivity index is 2.95. The van der Waals surface area contributed by atoms with Crippen molar-refractivity contribution in [2.75, 3.05) is 0 Å². The topological polar surface area (TPSA) is 37.3 Å².